The second-order valence-corrected chi connectivity index (χ2v) is 8.22. The first kappa shape index (κ1) is 20.0. The molecule has 6 heteroatoms. The van der Waals surface area contributed by atoms with Gasteiger partial charge in [-0.3, -0.25) is 14.2 Å². The Kier molecular flexibility index (Phi) is 5.77. The number of fused-ring (bicyclic) bond motifs is 1. The number of carbonyl (C=O) groups is 1. The van der Waals surface area contributed by atoms with Crippen LogP contribution in [0.1, 0.15) is 17.7 Å². The van der Waals surface area contributed by atoms with Crippen LogP contribution >= 0.6 is 11.3 Å². The van der Waals surface area contributed by atoms with Gasteiger partial charge in [0.25, 0.3) is 5.56 Å². The smallest absolute Gasteiger partial charge is 0.305 e. The van der Waals surface area contributed by atoms with E-state index in [2.05, 4.69) is 0 Å². The molecule has 0 bridgehead atoms. The van der Waals surface area contributed by atoms with Gasteiger partial charge in [0.2, 0.25) is 0 Å². The summed E-state index contributed by atoms with van der Waals surface area (Å²) in [6, 6.07) is 19.6. The molecule has 0 unspecified atom stereocenters. The zero-order valence-corrected chi connectivity index (χ0v) is 17.7. The van der Waals surface area contributed by atoms with Gasteiger partial charge < -0.3 is 4.74 Å². The molecule has 0 amide bonds. The summed E-state index contributed by atoms with van der Waals surface area (Å²) in [5.74, 6) is 0.341. The first-order valence-corrected chi connectivity index (χ1v) is 10.6. The first-order chi connectivity index (χ1) is 14.6. The van der Waals surface area contributed by atoms with Crippen LogP contribution in [0.25, 0.3) is 32.7 Å². The van der Waals surface area contributed by atoms with E-state index in [0.717, 1.165) is 26.4 Å². The second kappa shape index (κ2) is 8.63. The number of ether oxygens (including phenoxy) is 1. The number of benzene rings is 2. The van der Waals surface area contributed by atoms with Crippen molar-refractivity contribution in [2.24, 2.45) is 0 Å². The molecule has 4 aromatic rings. The van der Waals surface area contributed by atoms with Crippen LogP contribution in [-0.4, -0.2) is 22.6 Å². The Morgan fingerprint density at radius 3 is 2.30 bits per heavy atom. The summed E-state index contributed by atoms with van der Waals surface area (Å²) >= 11 is 1.54. The van der Waals surface area contributed by atoms with Gasteiger partial charge in [-0.2, -0.15) is 0 Å². The average Bonchev–Trinajstić information content (AvgIpc) is 3.12. The Morgan fingerprint density at radius 2 is 1.67 bits per heavy atom. The van der Waals surface area contributed by atoms with E-state index in [-0.39, 0.29) is 17.9 Å². The van der Waals surface area contributed by atoms with Crippen molar-refractivity contribution in [3.63, 3.8) is 0 Å². The summed E-state index contributed by atoms with van der Waals surface area (Å²) < 4.78 is 6.44. The highest BCUT2D eigenvalue weighted by molar-refractivity contribution is 7.19. The fourth-order valence-corrected chi connectivity index (χ4v) is 4.68. The Bertz CT molecular complexity index is 1240. The van der Waals surface area contributed by atoms with Crippen LogP contribution in [0.5, 0.6) is 0 Å². The molecule has 2 aromatic heterocycles. The Balaban J connectivity index is 1.92. The fraction of sp³-hybridized carbons (Fsp3) is 0.208. The molecule has 4 rings (SSSR count). The third kappa shape index (κ3) is 3.78. The zero-order valence-electron chi connectivity index (χ0n) is 16.9. The molecule has 0 atom stereocenters. The number of carbonyl (C=O) groups excluding carboxylic acids is 1. The molecule has 152 valence electrons. The monoisotopic (exact) mass is 418 g/mol. The third-order valence-electron chi connectivity index (χ3n) is 5.07. The lowest BCUT2D eigenvalue weighted by Crippen LogP contribution is -2.24. The number of thiophene rings is 1. The molecule has 0 aliphatic carbocycles. The summed E-state index contributed by atoms with van der Waals surface area (Å²) in [6.07, 6.45) is 0.757. The SMILES string of the molecule is COC(=O)CCCn1c(-c2ccccc2)nc2sc(C)c(-c3ccccc3)c2c1=O. The average molecular weight is 419 g/mol. The van der Waals surface area contributed by atoms with E-state index in [1.54, 1.807) is 4.57 Å². The molecule has 0 saturated heterocycles. The van der Waals surface area contributed by atoms with E-state index in [9.17, 15) is 9.59 Å². The van der Waals surface area contributed by atoms with E-state index in [4.69, 9.17) is 9.72 Å². The van der Waals surface area contributed by atoms with Gasteiger partial charge in [0.05, 0.1) is 12.5 Å². The van der Waals surface area contributed by atoms with Crippen molar-refractivity contribution in [1.29, 1.82) is 0 Å². The quantitative estimate of drug-likeness (QED) is 0.411. The summed E-state index contributed by atoms with van der Waals surface area (Å²) in [4.78, 5) is 32.0. The molecule has 2 aromatic carbocycles. The van der Waals surface area contributed by atoms with E-state index in [1.165, 1.54) is 18.4 Å². The number of nitrogens with zero attached hydrogens (tertiary/aromatic N) is 2. The Hall–Kier alpha value is -3.25. The van der Waals surface area contributed by atoms with Crippen molar-refractivity contribution in [2.45, 2.75) is 26.3 Å². The van der Waals surface area contributed by atoms with Crippen LogP contribution in [0, 0.1) is 6.92 Å². The number of rotatable bonds is 6. The summed E-state index contributed by atoms with van der Waals surface area (Å²) in [6.45, 7) is 2.42. The molecule has 30 heavy (non-hydrogen) atoms. The number of methoxy groups -OCH3 is 1. The Morgan fingerprint density at radius 1 is 1.03 bits per heavy atom. The summed E-state index contributed by atoms with van der Waals surface area (Å²) in [7, 11) is 1.37. The van der Waals surface area contributed by atoms with E-state index in [0.29, 0.717) is 24.2 Å². The van der Waals surface area contributed by atoms with Gasteiger partial charge in [-0.15, -0.1) is 11.3 Å². The molecule has 0 radical (unpaired) electrons. The topological polar surface area (TPSA) is 61.2 Å². The Labute approximate surface area is 178 Å². The van der Waals surface area contributed by atoms with E-state index >= 15 is 0 Å². The standard InChI is InChI=1S/C24H22N2O3S/c1-16-20(17-10-5-3-6-11-17)21-23(30-16)25-22(18-12-7-4-8-13-18)26(24(21)28)15-9-14-19(27)29-2/h3-8,10-13H,9,14-15H2,1-2H3. The first-order valence-electron chi connectivity index (χ1n) is 9.81. The molecule has 0 aliphatic heterocycles. The summed E-state index contributed by atoms with van der Waals surface area (Å²) in [5, 5.41) is 0.640. The molecule has 0 spiro atoms. The van der Waals surface area contributed by atoms with Crippen LogP contribution in [0.2, 0.25) is 0 Å². The molecular weight excluding hydrogens is 396 g/mol. The molecule has 0 saturated carbocycles. The normalized spacial score (nSPS) is 11.0. The van der Waals surface area contributed by atoms with Crippen molar-refractivity contribution >= 4 is 27.5 Å². The highest BCUT2D eigenvalue weighted by Crippen LogP contribution is 2.36. The van der Waals surface area contributed by atoms with E-state index < -0.39 is 0 Å². The minimum absolute atomic E-state index is 0.0769. The lowest BCUT2D eigenvalue weighted by atomic mass is 10.0. The lowest BCUT2D eigenvalue weighted by Gasteiger charge is -2.13. The van der Waals surface area contributed by atoms with Crippen LogP contribution in [0.3, 0.4) is 0 Å². The van der Waals surface area contributed by atoms with Gasteiger partial charge in [0, 0.05) is 29.0 Å². The van der Waals surface area contributed by atoms with Crippen molar-refractivity contribution in [2.75, 3.05) is 7.11 Å². The zero-order chi connectivity index (χ0) is 21.1. The third-order valence-corrected chi connectivity index (χ3v) is 6.07. The lowest BCUT2D eigenvalue weighted by molar-refractivity contribution is -0.140. The molecular formula is C24H22N2O3S. The van der Waals surface area contributed by atoms with Gasteiger partial charge in [-0.05, 0) is 18.9 Å². The number of aryl methyl sites for hydroxylation is 1. The van der Waals surface area contributed by atoms with Crippen LogP contribution in [-0.2, 0) is 16.1 Å². The van der Waals surface area contributed by atoms with Crippen molar-refractivity contribution in [1.82, 2.24) is 9.55 Å². The number of hydrogen-bond donors (Lipinski definition) is 0. The van der Waals surface area contributed by atoms with Crippen molar-refractivity contribution in [3.8, 4) is 22.5 Å². The van der Waals surface area contributed by atoms with E-state index in [1.807, 2.05) is 67.6 Å². The molecule has 0 N–H and O–H groups in total. The van der Waals surface area contributed by atoms with Gasteiger partial charge in [-0.25, -0.2) is 4.98 Å². The maximum Gasteiger partial charge on any atom is 0.305 e. The highest BCUT2D eigenvalue weighted by atomic mass is 32.1. The predicted octanol–water partition coefficient (Wildman–Crippen LogP) is 5.05. The molecule has 2 heterocycles. The molecule has 0 fully saturated rings. The van der Waals surface area contributed by atoms with Gasteiger partial charge in [0.15, 0.2) is 0 Å². The van der Waals surface area contributed by atoms with Crippen LogP contribution in [0.4, 0.5) is 0 Å². The fourth-order valence-electron chi connectivity index (χ4n) is 3.65. The highest BCUT2D eigenvalue weighted by Gasteiger charge is 2.20. The number of esters is 1. The number of aromatic nitrogens is 2. The maximum absolute atomic E-state index is 13.7. The predicted molar refractivity (Wildman–Crippen MR) is 121 cm³/mol. The van der Waals surface area contributed by atoms with Crippen molar-refractivity contribution < 1.29 is 9.53 Å². The maximum atomic E-state index is 13.7. The number of hydrogen-bond acceptors (Lipinski definition) is 5. The van der Waals surface area contributed by atoms with Crippen LogP contribution in [0.15, 0.2) is 65.5 Å². The van der Waals surface area contributed by atoms with Gasteiger partial charge >= 0.3 is 5.97 Å². The van der Waals surface area contributed by atoms with Crippen molar-refractivity contribution in [3.05, 3.63) is 75.9 Å². The largest absolute Gasteiger partial charge is 0.469 e. The molecule has 5 nitrogen and oxygen atoms in total. The van der Waals surface area contributed by atoms with Gasteiger partial charge in [-0.1, -0.05) is 60.7 Å². The minimum Gasteiger partial charge on any atom is -0.469 e. The molecule has 0 aliphatic rings. The minimum atomic E-state index is -0.283. The van der Waals surface area contributed by atoms with Crippen LogP contribution < -0.4 is 5.56 Å². The summed E-state index contributed by atoms with van der Waals surface area (Å²) in [5.41, 5.74) is 2.75. The second-order valence-electron chi connectivity index (χ2n) is 7.02. The van der Waals surface area contributed by atoms with Gasteiger partial charge in [0.1, 0.15) is 10.7 Å².